The van der Waals surface area contributed by atoms with E-state index >= 15 is 0 Å². The van der Waals surface area contributed by atoms with Crippen molar-refractivity contribution in [3.05, 3.63) is 58.9 Å². The Morgan fingerprint density at radius 3 is 2.41 bits per heavy atom. The van der Waals surface area contributed by atoms with Gasteiger partial charge in [0.1, 0.15) is 0 Å². The normalized spacial score (nSPS) is 10.6. The van der Waals surface area contributed by atoms with Gasteiger partial charge in [-0.15, -0.1) is 11.8 Å². The van der Waals surface area contributed by atoms with E-state index in [2.05, 4.69) is 10.6 Å². The van der Waals surface area contributed by atoms with Gasteiger partial charge in [-0.25, -0.2) is 13.2 Å². The Bertz CT molecular complexity index is 859. The lowest BCUT2D eigenvalue weighted by molar-refractivity contribution is -0.123. The van der Waals surface area contributed by atoms with Crippen molar-refractivity contribution in [2.75, 3.05) is 17.6 Å². The van der Waals surface area contributed by atoms with E-state index in [0.717, 1.165) is 11.0 Å². The molecule has 8 heteroatoms. The second-order valence-electron chi connectivity index (χ2n) is 5.89. The van der Waals surface area contributed by atoms with Gasteiger partial charge in [-0.2, -0.15) is 0 Å². The third-order valence-electron chi connectivity index (χ3n) is 3.83. The predicted molar refractivity (Wildman–Crippen MR) is 99.2 cm³/mol. The molecule has 0 aromatic heterocycles. The summed E-state index contributed by atoms with van der Waals surface area (Å²) in [6.45, 7) is 3.64. The van der Waals surface area contributed by atoms with Gasteiger partial charge in [0.2, 0.25) is 11.8 Å². The second kappa shape index (κ2) is 9.45. The van der Waals surface area contributed by atoms with Crippen LogP contribution in [-0.4, -0.2) is 24.1 Å². The number of halogens is 3. The van der Waals surface area contributed by atoms with Crippen molar-refractivity contribution in [2.24, 2.45) is 0 Å². The molecule has 27 heavy (non-hydrogen) atoms. The summed E-state index contributed by atoms with van der Waals surface area (Å²) in [6.07, 6.45) is 0.199. The van der Waals surface area contributed by atoms with E-state index in [4.69, 9.17) is 0 Å². The summed E-state index contributed by atoms with van der Waals surface area (Å²) in [7, 11) is 0. The summed E-state index contributed by atoms with van der Waals surface area (Å²) < 4.78 is 39.4. The highest BCUT2D eigenvalue weighted by molar-refractivity contribution is 7.99. The zero-order chi connectivity index (χ0) is 20.0. The fourth-order valence-corrected chi connectivity index (χ4v) is 3.10. The monoisotopic (exact) mass is 396 g/mol. The van der Waals surface area contributed by atoms with Crippen LogP contribution in [-0.2, 0) is 9.59 Å². The maximum atomic E-state index is 13.5. The van der Waals surface area contributed by atoms with Crippen molar-refractivity contribution in [1.82, 2.24) is 5.32 Å². The number of benzene rings is 2. The first-order chi connectivity index (χ1) is 12.8. The Labute approximate surface area is 159 Å². The zero-order valence-electron chi connectivity index (χ0n) is 14.9. The molecule has 0 unspecified atom stereocenters. The van der Waals surface area contributed by atoms with Crippen LogP contribution in [0.15, 0.2) is 35.2 Å². The molecule has 0 saturated carbocycles. The van der Waals surface area contributed by atoms with Crippen LogP contribution in [0.2, 0.25) is 0 Å². The first kappa shape index (κ1) is 20.8. The Kier molecular flexibility index (Phi) is 7.29. The third-order valence-corrected chi connectivity index (χ3v) is 4.83. The van der Waals surface area contributed by atoms with Crippen molar-refractivity contribution >= 4 is 29.3 Å². The van der Waals surface area contributed by atoms with Crippen LogP contribution in [0.4, 0.5) is 18.9 Å². The average Bonchev–Trinajstić information content (AvgIpc) is 2.63. The van der Waals surface area contributed by atoms with E-state index in [1.54, 1.807) is 0 Å². The van der Waals surface area contributed by atoms with Gasteiger partial charge in [-0.1, -0.05) is 6.07 Å². The number of hydrogen-bond acceptors (Lipinski definition) is 3. The van der Waals surface area contributed by atoms with Crippen LogP contribution < -0.4 is 10.6 Å². The number of anilines is 1. The molecule has 0 spiro atoms. The van der Waals surface area contributed by atoms with Crippen molar-refractivity contribution in [1.29, 1.82) is 0 Å². The first-order valence-electron chi connectivity index (χ1n) is 8.18. The number of rotatable bonds is 7. The molecule has 2 rings (SSSR count). The largest absolute Gasteiger partial charge is 0.347 e. The maximum absolute atomic E-state index is 13.5. The number of carbonyl (C=O) groups excluding carboxylic acids is 2. The molecular weight excluding hydrogens is 377 g/mol. The standard InChI is InChI=1S/C19H19F3N2O2S/c1-11-3-4-13(9-12(11)2)27-8-7-16(25)23-10-17(26)24-15-6-5-14(20)18(21)19(15)22/h3-6,9H,7-8,10H2,1-2H3,(H,23,25)(H,24,26). The van der Waals surface area contributed by atoms with Crippen LogP contribution in [0.1, 0.15) is 17.5 Å². The van der Waals surface area contributed by atoms with Crippen molar-refractivity contribution in [3.63, 3.8) is 0 Å². The van der Waals surface area contributed by atoms with Crippen molar-refractivity contribution in [2.45, 2.75) is 25.2 Å². The smallest absolute Gasteiger partial charge is 0.243 e. The molecule has 0 aliphatic heterocycles. The molecule has 0 bridgehead atoms. The number of amides is 2. The highest BCUT2D eigenvalue weighted by Gasteiger charge is 2.15. The van der Waals surface area contributed by atoms with Gasteiger partial charge < -0.3 is 10.6 Å². The lowest BCUT2D eigenvalue weighted by atomic mass is 10.1. The number of thioether (sulfide) groups is 1. The van der Waals surface area contributed by atoms with E-state index in [-0.39, 0.29) is 12.3 Å². The van der Waals surface area contributed by atoms with E-state index in [1.165, 1.54) is 22.9 Å². The maximum Gasteiger partial charge on any atom is 0.243 e. The molecule has 2 N–H and O–H groups in total. The van der Waals surface area contributed by atoms with E-state index in [9.17, 15) is 22.8 Å². The zero-order valence-corrected chi connectivity index (χ0v) is 15.7. The molecule has 0 heterocycles. The summed E-state index contributed by atoms with van der Waals surface area (Å²) in [5.74, 6) is -5.05. The summed E-state index contributed by atoms with van der Waals surface area (Å²) in [5.41, 5.74) is 1.88. The van der Waals surface area contributed by atoms with Gasteiger partial charge in [0, 0.05) is 17.1 Å². The lowest BCUT2D eigenvalue weighted by Gasteiger charge is -2.09. The number of nitrogens with one attached hydrogen (secondary N) is 2. The minimum Gasteiger partial charge on any atom is -0.347 e. The molecule has 0 aliphatic carbocycles. The van der Waals surface area contributed by atoms with Gasteiger partial charge in [0.15, 0.2) is 17.5 Å². The van der Waals surface area contributed by atoms with Crippen LogP contribution in [0.5, 0.6) is 0 Å². The van der Waals surface area contributed by atoms with Gasteiger partial charge in [-0.3, -0.25) is 9.59 Å². The molecule has 2 aromatic carbocycles. The Morgan fingerprint density at radius 2 is 1.70 bits per heavy atom. The number of aryl methyl sites for hydroxylation is 2. The van der Waals surface area contributed by atoms with E-state index < -0.39 is 35.6 Å². The number of carbonyl (C=O) groups is 2. The summed E-state index contributed by atoms with van der Waals surface area (Å²) in [5, 5.41) is 4.49. The second-order valence-corrected chi connectivity index (χ2v) is 7.06. The molecule has 0 radical (unpaired) electrons. The molecule has 2 amide bonds. The molecular formula is C19H19F3N2O2S. The SMILES string of the molecule is Cc1ccc(SCCC(=O)NCC(=O)Nc2ccc(F)c(F)c2F)cc1C. The third kappa shape index (κ3) is 6.02. The topological polar surface area (TPSA) is 58.2 Å². The molecule has 0 aliphatic rings. The van der Waals surface area contributed by atoms with Gasteiger partial charge in [-0.05, 0) is 49.2 Å². The molecule has 0 saturated heterocycles. The quantitative estimate of drug-likeness (QED) is 0.550. The summed E-state index contributed by atoms with van der Waals surface area (Å²) >= 11 is 1.53. The Hall–Kier alpha value is -2.48. The first-order valence-corrected chi connectivity index (χ1v) is 9.16. The van der Waals surface area contributed by atoms with E-state index in [1.807, 2.05) is 32.0 Å². The van der Waals surface area contributed by atoms with Gasteiger partial charge in [0.25, 0.3) is 0 Å². The van der Waals surface area contributed by atoms with Crippen molar-refractivity contribution in [3.8, 4) is 0 Å². The highest BCUT2D eigenvalue weighted by atomic mass is 32.2. The Balaban J connectivity index is 1.74. The van der Waals surface area contributed by atoms with E-state index in [0.29, 0.717) is 11.8 Å². The molecule has 0 atom stereocenters. The van der Waals surface area contributed by atoms with Gasteiger partial charge in [0.05, 0.1) is 12.2 Å². The average molecular weight is 396 g/mol. The summed E-state index contributed by atoms with van der Waals surface area (Å²) in [4.78, 5) is 24.6. The number of hydrogen-bond donors (Lipinski definition) is 2. The fourth-order valence-electron chi connectivity index (χ4n) is 2.15. The Morgan fingerprint density at radius 1 is 0.963 bits per heavy atom. The molecule has 4 nitrogen and oxygen atoms in total. The summed E-state index contributed by atoms with van der Waals surface area (Å²) in [6, 6.07) is 7.65. The van der Waals surface area contributed by atoms with Crippen LogP contribution >= 0.6 is 11.8 Å². The van der Waals surface area contributed by atoms with Crippen LogP contribution in [0.25, 0.3) is 0 Å². The lowest BCUT2D eigenvalue weighted by Crippen LogP contribution is -2.33. The molecule has 2 aromatic rings. The van der Waals surface area contributed by atoms with Gasteiger partial charge >= 0.3 is 0 Å². The van der Waals surface area contributed by atoms with Crippen molar-refractivity contribution < 1.29 is 22.8 Å². The van der Waals surface area contributed by atoms with Crippen LogP contribution in [0.3, 0.4) is 0 Å². The highest BCUT2D eigenvalue weighted by Crippen LogP contribution is 2.22. The predicted octanol–water partition coefficient (Wildman–Crippen LogP) is 3.96. The van der Waals surface area contributed by atoms with Crippen LogP contribution in [0, 0.1) is 31.3 Å². The minimum absolute atomic E-state index is 0.199. The molecule has 0 fully saturated rings. The fraction of sp³-hybridized carbons (Fsp3) is 0.263. The molecule has 144 valence electrons. The minimum atomic E-state index is -1.67.